The van der Waals surface area contributed by atoms with Crippen molar-refractivity contribution in [1.29, 1.82) is 0 Å². The van der Waals surface area contributed by atoms with Crippen LogP contribution in [0, 0.1) is 5.41 Å². The van der Waals surface area contributed by atoms with Gasteiger partial charge in [0.15, 0.2) is 0 Å². The number of carboxylic acids is 1. The summed E-state index contributed by atoms with van der Waals surface area (Å²) in [6.07, 6.45) is 2.94. The third kappa shape index (κ3) is 2.70. The van der Waals surface area contributed by atoms with Gasteiger partial charge in [-0.15, -0.1) is 0 Å². The quantitative estimate of drug-likeness (QED) is 0.568. The van der Waals surface area contributed by atoms with E-state index < -0.39 is 5.97 Å². The average Bonchev–Trinajstić information content (AvgIpc) is 2.08. The van der Waals surface area contributed by atoms with E-state index in [1.54, 1.807) is 0 Å². The van der Waals surface area contributed by atoms with Crippen LogP contribution in [0.2, 0.25) is 0 Å². The zero-order valence-corrected chi connectivity index (χ0v) is 8.08. The Kier molecular flexibility index (Phi) is 3.46. The highest BCUT2D eigenvalue weighted by atomic mass is 16.4. The molecule has 0 heterocycles. The third-order valence-electron chi connectivity index (χ3n) is 2.79. The van der Waals surface area contributed by atoms with Gasteiger partial charge in [-0.3, -0.25) is 9.59 Å². The smallest absolute Gasteiger partial charge is 0.303 e. The van der Waals surface area contributed by atoms with Crippen molar-refractivity contribution >= 4 is 11.9 Å². The van der Waals surface area contributed by atoms with E-state index in [4.69, 9.17) is 10.8 Å². The molecule has 0 radical (unpaired) electrons. The van der Waals surface area contributed by atoms with Gasteiger partial charge < -0.3 is 16.2 Å². The molecule has 1 saturated carbocycles. The van der Waals surface area contributed by atoms with Gasteiger partial charge in [0, 0.05) is 6.54 Å². The first kappa shape index (κ1) is 11.0. The molecule has 0 spiro atoms. The lowest BCUT2D eigenvalue weighted by molar-refractivity contribution is -0.141. The molecule has 0 aromatic carbocycles. The Hall–Kier alpha value is -1.10. The molecule has 0 aromatic heterocycles. The highest BCUT2D eigenvalue weighted by molar-refractivity contribution is 5.77. The van der Waals surface area contributed by atoms with Gasteiger partial charge in [0.25, 0.3) is 0 Å². The largest absolute Gasteiger partial charge is 0.481 e. The molecule has 0 saturated heterocycles. The summed E-state index contributed by atoms with van der Waals surface area (Å²) in [6.45, 7) is 0.401. The van der Waals surface area contributed by atoms with Crippen molar-refractivity contribution in [3.8, 4) is 0 Å². The third-order valence-corrected chi connectivity index (χ3v) is 2.79. The van der Waals surface area contributed by atoms with Gasteiger partial charge in [-0.2, -0.15) is 0 Å². The number of nitrogens with two attached hydrogens (primary N) is 1. The normalized spacial score (nSPS) is 18.4. The number of aliphatic carboxylic acids is 1. The fraction of sp³-hybridized carbons (Fsp3) is 0.778. The van der Waals surface area contributed by atoms with E-state index in [2.05, 4.69) is 5.32 Å². The van der Waals surface area contributed by atoms with Gasteiger partial charge in [-0.05, 0) is 18.3 Å². The predicted molar refractivity (Wildman–Crippen MR) is 50.6 cm³/mol. The molecule has 0 aliphatic heterocycles. The Balaban J connectivity index is 2.37. The van der Waals surface area contributed by atoms with Crippen LogP contribution in [0.25, 0.3) is 0 Å². The molecule has 0 unspecified atom stereocenters. The molecule has 80 valence electrons. The molecule has 0 aromatic rings. The fourth-order valence-electron chi connectivity index (χ4n) is 1.77. The van der Waals surface area contributed by atoms with Crippen molar-refractivity contribution in [2.45, 2.75) is 25.7 Å². The highest BCUT2D eigenvalue weighted by Crippen LogP contribution is 2.43. The summed E-state index contributed by atoms with van der Waals surface area (Å²) in [5, 5.41) is 11.4. The summed E-state index contributed by atoms with van der Waals surface area (Å²) in [6, 6.07) is 0. The van der Waals surface area contributed by atoms with Gasteiger partial charge in [-0.1, -0.05) is 6.42 Å². The number of rotatable bonds is 5. The van der Waals surface area contributed by atoms with Crippen LogP contribution in [0.5, 0.6) is 0 Å². The maximum atomic E-state index is 10.9. The topological polar surface area (TPSA) is 92.4 Å². The van der Waals surface area contributed by atoms with E-state index in [0.29, 0.717) is 6.54 Å². The molecule has 1 fully saturated rings. The molecule has 1 aliphatic carbocycles. The highest BCUT2D eigenvalue weighted by Gasteiger charge is 2.38. The van der Waals surface area contributed by atoms with Crippen LogP contribution >= 0.6 is 0 Å². The van der Waals surface area contributed by atoms with Gasteiger partial charge in [0.05, 0.1) is 13.0 Å². The van der Waals surface area contributed by atoms with Crippen molar-refractivity contribution < 1.29 is 14.7 Å². The van der Waals surface area contributed by atoms with E-state index in [9.17, 15) is 9.59 Å². The Bertz CT molecular complexity index is 236. The molecule has 0 atom stereocenters. The first-order valence-electron chi connectivity index (χ1n) is 4.76. The van der Waals surface area contributed by atoms with Gasteiger partial charge >= 0.3 is 5.97 Å². The Morgan fingerprint density at radius 3 is 2.43 bits per heavy atom. The number of carbonyl (C=O) groups is 2. The van der Waals surface area contributed by atoms with Crippen molar-refractivity contribution in [3.05, 3.63) is 0 Å². The molecule has 0 bridgehead atoms. The van der Waals surface area contributed by atoms with Gasteiger partial charge in [-0.25, -0.2) is 0 Å². The lowest BCUT2D eigenvalue weighted by atomic mass is 9.66. The zero-order chi connectivity index (χ0) is 10.6. The van der Waals surface area contributed by atoms with Crippen LogP contribution in [0.3, 0.4) is 0 Å². The lowest BCUT2D eigenvalue weighted by Crippen LogP contribution is -2.45. The van der Waals surface area contributed by atoms with E-state index in [1.165, 1.54) is 0 Å². The van der Waals surface area contributed by atoms with Crippen LogP contribution in [0.15, 0.2) is 0 Å². The first-order chi connectivity index (χ1) is 6.58. The molecule has 1 aliphatic rings. The summed E-state index contributed by atoms with van der Waals surface area (Å²) >= 11 is 0. The minimum Gasteiger partial charge on any atom is -0.481 e. The Morgan fingerprint density at radius 2 is 2.07 bits per heavy atom. The Labute approximate surface area is 82.7 Å². The molecule has 5 nitrogen and oxygen atoms in total. The van der Waals surface area contributed by atoms with Crippen LogP contribution in [0.1, 0.15) is 25.7 Å². The van der Waals surface area contributed by atoms with Crippen molar-refractivity contribution in [3.63, 3.8) is 0 Å². The second-order valence-electron chi connectivity index (χ2n) is 3.90. The maximum absolute atomic E-state index is 10.9. The van der Waals surface area contributed by atoms with Crippen LogP contribution in [0.4, 0.5) is 0 Å². The fourth-order valence-corrected chi connectivity index (χ4v) is 1.77. The average molecular weight is 200 g/mol. The molecular weight excluding hydrogens is 184 g/mol. The first-order valence-corrected chi connectivity index (χ1v) is 4.76. The van der Waals surface area contributed by atoms with Crippen molar-refractivity contribution in [1.82, 2.24) is 5.32 Å². The summed E-state index contributed by atoms with van der Waals surface area (Å²) in [5.41, 5.74) is 4.92. The minimum absolute atomic E-state index is 0.0385. The van der Waals surface area contributed by atoms with Crippen molar-refractivity contribution in [2.24, 2.45) is 11.1 Å². The molecule has 4 N–H and O–H groups in total. The summed E-state index contributed by atoms with van der Waals surface area (Å²) in [5.74, 6) is -1.02. The minimum atomic E-state index is -0.799. The summed E-state index contributed by atoms with van der Waals surface area (Å²) in [4.78, 5) is 21.5. The second kappa shape index (κ2) is 4.41. The SMILES string of the molecule is NCC(=O)NCC1(CC(=O)O)CCC1. The van der Waals surface area contributed by atoms with Crippen LogP contribution < -0.4 is 11.1 Å². The van der Waals surface area contributed by atoms with E-state index in [0.717, 1.165) is 19.3 Å². The molecule has 1 rings (SSSR count). The van der Waals surface area contributed by atoms with E-state index >= 15 is 0 Å². The van der Waals surface area contributed by atoms with Crippen LogP contribution in [-0.4, -0.2) is 30.1 Å². The van der Waals surface area contributed by atoms with Gasteiger partial charge in [0.1, 0.15) is 0 Å². The zero-order valence-electron chi connectivity index (χ0n) is 8.08. The molecule has 14 heavy (non-hydrogen) atoms. The van der Waals surface area contributed by atoms with E-state index in [1.807, 2.05) is 0 Å². The van der Waals surface area contributed by atoms with Crippen LogP contribution in [-0.2, 0) is 9.59 Å². The van der Waals surface area contributed by atoms with Gasteiger partial charge in [0.2, 0.25) is 5.91 Å². The standard InChI is InChI=1S/C9H16N2O3/c10-5-7(12)11-6-9(2-1-3-9)4-8(13)14/h1-6,10H2,(H,11,12)(H,13,14). The molecule has 5 heteroatoms. The number of amides is 1. The summed E-state index contributed by atoms with van der Waals surface area (Å²) in [7, 11) is 0. The number of carboxylic acid groups (broad SMARTS) is 1. The predicted octanol–water partition coefficient (Wildman–Crippen LogP) is -0.294. The Morgan fingerprint density at radius 1 is 1.43 bits per heavy atom. The summed E-state index contributed by atoms with van der Waals surface area (Å²) < 4.78 is 0. The number of carbonyl (C=O) groups excluding carboxylic acids is 1. The lowest BCUT2D eigenvalue weighted by Gasteiger charge is -2.40. The maximum Gasteiger partial charge on any atom is 0.303 e. The number of hydrogen-bond acceptors (Lipinski definition) is 3. The monoisotopic (exact) mass is 200 g/mol. The van der Waals surface area contributed by atoms with E-state index in [-0.39, 0.29) is 24.3 Å². The number of nitrogens with one attached hydrogen (secondary N) is 1. The second-order valence-corrected chi connectivity index (χ2v) is 3.90. The molecular formula is C9H16N2O3. The molecule has 1 amide bonds. The van der Waals surface area contributed by atoms with Crippen molar-refractivity contribution in [2.75, 3.05) is 13.1 Å². The number of hydrogen-bond donors (Lipinski definition) is 3.